The van der Waals surface area contributed by atoms with E-state index in [0.29, 0.717) is 13.1 Å². The van der Waals surface area contributed by atoms with Crippen molar-refractivity contribution in [2.24, 2.45) is 5.73 Å². The third-order valence-electron chi connectivity index (χ3n) is 3.76. The maximum Gasteiger partial charge on any atom is 0.242 e. The molecule has 7 nitrogen and oxygen atoms in total. The molecule has 2 amide bonds. The number of carbonyl (C=O) groups is 2. The number of amides is 2. The molecule has 1 spiro atoms. The number of nitrogens with one attached hydrogen (secondary N) is 3. The normalized spacial score (nSPS) is 33.9. The molecule has 4 atom stereocenters. The van der Waals surface area contributed by atoms with Crippen LogP contribution in [0.1, 0.15) is 19.8 Å². The molecule has 2 heterocycles. The highest BCUT2D eigenvalue weighted by Crippen LogP contribution is 2.27. The average Bonchev–Trinajstić information content (AvgIpc) is 2.73. The number of rotatable bonds is 5. The Morgan fingerprint density at radius 2 is 2.44 bits per heavy atom. The molecule has 2 unspecified atom stereocenters. The fraction of sp³-hybridized carbons (Fsp3) is 0.818. The lowest BCUT2D eigenvalue weighted by Crippen LogP contribution is -2.71. The molecule has 102 valence electrons. The minimum atomic E-state index is -0.829. The Balaban J connectivity index is 1.81. The van der Waals surface area contributed by atoms with Crippen LogP contribution < -0.4 is 21.7 Å². The van der Waals surface area contributed by atoms with Gasteiger partial charge in [-0.15, -0.1) is 0 Å². The highest BCUT2D eigenvalue weighted by Gasteiger charge is 2.50. The van der Waals surface area contributed by atoms with E-state index in [2.05, 4.69) is 16.0 Å². The van der Waals surface area contributed by atoms with E-state index in [-0.39, 0.29) is 11.9 Å². The van der Waals surface area contributed by atoms with Gasteiger partial charge in [0.15, 0.2) is 0 Å². The third-order valence-corrected chi connectivity index (χ3v) is 3.76. The summed E-state index contributed by atoms with van der Waals surface area (Å²) in [7, 11) is 0. The second-order valence-corrected chi connectivity index (χ2v) is 5.17. The van der Waals surface area contributed by atoms with E-state index in [4.69, 9.17) is 5.73 Å². The lowest BCUT2D eigenvalue weighted by molar-refractivity contribution is -0.134. The number of aliphatic hydroxyl groups is 1. The molecule has 7 heteroatoms. The summed E-state index contributed by atoms with van der Waals surface area (Å²) in [5.74, 6) is -0.522. The molecule has 0 bridgehead atoms. The molecule has 2 rings (SSSR count). The van der Waals surface area contributed by atoms with Gasteiger partial charge in [-0.1, -0.05) is 0 Å². The molecule has 0 aromatic carbocycles. The Morgan fingerprint density at radius 3 is 2.83 bits per heavy atom. The van der Waals surface area contributed by atoms with E-state index in [9.17, 15) is 14.7 Å². The standard InChI is InChI=1S/C11H20N4O3/c1-6(16)8(9(12)17)13-4-7-2-3-11(15-7)5-14-10(11)18/h6-8,13,15-16H,2-5H2,1H3,(H2,12,17)(H,14,18)/t6-,7?,8+,11?/m1/s1. The van der Waals surface area contributed by atoms with Crippen molar-refractivity contribution in [3.05, 3.63) is 0 Å². The van der Waals surface area contributed by atoms with Crippen LogP contribution in [0.2, 0.25) is 0 Å². The summed E-state index contributed by atoms with van der Waals surface area (Å²) in [6, 6.07) is -0.629. The van der Waals surface area contributed by atoms with Gasteiger partial charge in [-0.25, -0.2) is 0 Å². The van der Waals surface area contributed by atoms with Gasteiger partial charge in [0.1, 0.15) is 11.6 Å². The number of hydrogen-bond donors (Lipinski definition) is 5. The minimum absolute atomic E-state index is 0.0481. The molecule has 6 N–H and O–H groups in total. The minimum Gasteiger partial charge on any atom is -0.391 e. The van der Waals surface area contributed by atoms with E-state index in [1.807, 2.05) is 0 Å². The van der Waals surface area contributed by atoms with Crippen LogP contribution in [0, 0.1) is 0 Å². The van der Waals surface area contributed by atoms with Crippen LogP contribution in [0.3, 0.4) is 0 Å². The molecule has 0 radical (unpaired) electrons. The van der Waals surface area contributed by atoms with Crippen LogP contribution in [0.5, 0.6) is 0 Å². The van der Waals surface area contributed by atoms with Crippen molar-refractivity contribution in [2.45, 2.75) is 43.5 Å². The largest absolute Gasteiger partial charge is 0.391 e. The average molecular weight is 256 g/mol. The Hall–Kier alpha value is -1.18. The number of hydrogen-bond acceptors (Lipinski definition) is 5. The summed E-state index contributed by atoms with van der Waals surface area (Å²) in [4.78, 5) is 22.6. The SMILES string of the molecule is C[C@@H](O)[C@H](NCC1CCC2(CNC2=O)N1)C(N)=O. The van der Waals surface area contributed by atoms with Gasteiger partial charge in [0, 0.05) is 19.1 Å². The first-order chi connectivity index (χ1) is 8.44. The highest BCUT2D eigenvalue weighted by atomic mass is 16.3. The molecule has 18 heavy (non-hydrogen) atoms. The zero-order valence-electron chi connectivity index (χ0n) is 10.4. The first kappa shape index (κ1) is 13.3. The molecule has 0 aromatic rings. The Labute approximate surface area is 105 Å². The van der Waals surface area contributed by atoms with Gasteiger partial charge in [-0.05, 0) is 19.8 Å². The molecular weight excluding hydrogens is 236 g/mol. The smallest absolute Gasteiger partial charge is 0.242 e. The topological polar surface area (TPSA) is 116 Å². The van der Waals surface area contributed by atoms with E-state index in [0.717, 1.165) is 12.8 Å². The van der Waals surface area contributed by atoms with Gasteiger partial charge in [-0.2, -0.15) is 0 Å². The zero-order chi connectivity index (χ0) is 13.3. The van der Waals surface area contributed by atoms with Gasteiger partial charge in [-0.3, -0.25) is 14.9 Å². The van der Waals surface area contributed by atoms with Crippen LogP contribution >= 0.6 is 0 Å². The first-order valence-corrected chi connectivity index (χ1v) is 6.21. The van der Waals surface area contributed by atoms with Crippen LogP contribution in [0.15, 0.2) is 0 Å². The van der Waals surface area contributed by atoms with Crippen molar-refractivity contribution >= 4 is 11.8 Å². The monoisotopic (exact) mass is 256 g/mol. The summed E-state index contributed by atoms with van der Waals surface area (Å²) >= 11 is 0. The quantitative estimate of drug-likeness (QED) is 0.347. The lowest BCUT2D eigenvalue weighted by atomic mass is 9.90. The van der Waals surface area contributed by atoms with Gasteiger partial charge in [0.2, 0.25) is 11.8 Å². The summed E-state index contributed by atoms with van der Waals surface area (Å²) in [5.41, 5.74) is 4.79. The maximum atomic E-state index is 11.4. The van der Waals surface area contributed by atoms with Gasteiger partial charge in [0.05, 0.1) is 6.10 Å². The molecule has 0 aliphatic carbocycles. The number of carbonyl (C=O) groups excluding carboxylic acids is 2. The molecule has 0 saturated carbocycles. The van der Waals surface area contributed by atoms with Crippen LogP contribution in [-0.2, 0) is 9.59 Å². The Bertz CT molecular complexity index is 360. The number of β-lactam (4-membered cyclic amide) rings is 1. The predicted molar refractivity (Wildman–Crippen MR) is 64.6 cm³/mol. The van der Waals surface area contributed by atoms with Crippen molar-refractivity contribution in [2.75, 3.05) is 13.1 Å². The number of primary amides is 1. The molecule has 2 fully saturated rings. The highest BCUT2D eigenvalue weighted by molar-refractivity contribution is 5.93. The molecule has 2 saturated heterocycles. The molecule has 0 aromatic heterocycles. The first-order valence-electron chi connectivity index (χ1n) is 6.21. The van der Waals surface area contributed by atoms with Crippen LogP contribution in [0.4, 0.5) is 0 Å². The summed E-state index contributed by atoms with van der Waals surface area (Å²) in [6.45, 7) is 2.69. The summed E-state index contributed by atoms with van der Waals surface area (Å²) in [5, 5.41) is 18.4. The number of aliphatic hydroxyl groups excluding tert-OH is 1. The Kier molecular flexibility index (Phi) is 3.56. The van der Waals surface area contributed by atoms with Crippen LogP contribution in [-0.4, -0.2) is 53.7 Å². The fourth-order valence-electron chi connectivity index (χ4n) is 2.58. The fourth-order valence-corrected chi connectivity index (χ4v) is 2.58. The third kappa shape index (κ3) is 2.33. The molecule has 2 aliphatic heterocycles. The predicted octanol–water partition coefficient (Wildman–Crippen LogP) is -2.57. The Morgan fingerprint density at radius 1 is 1.72 bits per heavy atom. The van der Waals surface area contributed by atoms with Crippen molar-refractivity contribution < 1.29 is 14.7 Å². The number of nitrogens with two attached hydrogens (primary N) is 1. The van der Waals surface area contributed by atoms with Crippen LogP contribution in [0.25, 0.3) is 0 Å². The van der Waals surface area contributed by atoms with Crippen molar-refractivity contribution in [1.29, 1.82) is 0 Å². The van der Waals surface area contributed by atoms with Crippen molar-refractivity contribution in [3.8, 4) is 0 Å². The van der Waals surface area contributed by atoms with Crippen molar-refractivity contribution in [3.63, 3.8) is 0 Å². The van der Waals surface area contributed by atoms with E-state index in [1.165, 1.54) is 6.92 Å². The molecule has 2 aliphatic rings. The van der Waals surface area contributed by atoms with E-state index < -0.39 is 23.6 Å². The van der Waals surface area contributed by atoms with E-state index in [1.54, 1.807) is 0 Å². The van der Waals surface area contributed by atoms with E-state index >= 15 is 0 Å². The maximum absolute atomic E-state index is 11.4. The second kappa shape index (κ2) is 4.83. The zero-order valence-corrected chi connectivity index (χ0v) is 10.4. The summed E-state index contributed by atoms with van der Waals surface area (Å²) in [6.07, 6.45) is 0.845. The lowest BCUT2D eigenvalue weighted by Gasteiger charge is -2.38. The molecular formula is C11H20N4O3. The second-order valence-electron chi connectivity index (χ2n) is 5.17. The van der Waals surface area contributed by atoms with Gasteiger partial charge >= 0.3 is 0 Å². The van der Waals surface area contributed by atoms with Gasteiger partial charge < -0.3 is 21.5 Å². The van der Waals surface area contributed by atoms with Gasteiger partial charge in [0.25, 0.3) is 0 Å². The van der Waals surface area contributed by atoms with Crippen molar-refractivity contribution in [1.82, 2.24) is 16.0 Å². The summed E-state index contributed by atoms with van der Waals surface area (Å²) < 4.78 is 0.